The summed E-state index contributed by atoms with van der Waals surface area (Å²) in [5.74, 6) is 0.651. The minimum absolute atomic E-state index is 0.0304. The Morgan fingerprint density at radius 1 is 1.31 bits per heavy atom. The van der Waals surface area contributed by atoms with Crippen LogP contribution in [0.25, 0.3) is 0 Å². The second-order valence-corrected chi connectivity index (χ2v) is 6.20. The van der Waals surface area contributed by atoms with Gasteiger partial charge < -0.3 is 0 Å². The van der Waals surface area contributed by atoms with Crippen LogP contribution in [0.1, 0.15) is 27.2 Å². The number of hydrogen-bond donors (Lipinski definition) is 1. The van der Waals surface area contributed by atoms with Gasteiger partial charge in [-0.1, -0.05) is 29.8 Å². The predicted molar refractivity (Wildman–Crippen MR) is 59.6 cm³/mol. The highest BCUT2D eigenvalue weighted by atomic mass is 79.9. The molecule has 0 amide bonds. The highest BCUT2D eigenvalue weighted by Crippen LogP contribution is 2.02. The summed E-state index contributed by atoms with van der Waals surface area (Å²) in [5.41, 5.74) is 0. The van der Waals surface area contributed by atoms with Crippen molar-refractivity contribution in [2.45, 2.75) is 33.2 Å². The zero-order valence-electron chi connectivity index (χ0n) is 8.38. The SMILES string of the molecule is CC(C)CCS(=O)(=O)NC(C)CBr. The fourth-order valence-electron chi connectivity index (χ4n) is 0.788. The Morgan fingerprint density at radius 2 is 1.85 bits per heavy atom. The lowest BCUT2D eigenvalue weighted by Crippen LogP contribution is -2.35. The van der Waals surface area contributed by atoms with Crippen molar-refractivity contribution < 1.29 is 8.42 Å². The van der Waals surface area contributed by atoms with Gasteiger partial charge in [-0.05, 0) is 19.3 Å². The second-order valence-electron chi connectivity index (χ2n) is 3.67. The molecule has 13 heavy (non-hydrogen) atoms. The molecule has 0 rings (SSSR count). The normalized spacial score (nSPS) is 14.8. The van der Waals surface area contributed by atoms with E-state index in [-0.39, 0.29) is 11.8 Å². The van der Waals surface area contributed by atoms with Gasteiger partial charge in [0.15, 0.2) is 0 Å². The Labute approximate surface area is 89.5 Å². The van der Waals surface area contributed by atoms with Gasteiger partial charge in [0.25, 0.3) is 0 Å². The van der Waals surface area contributed by atoms with Gasteiger partial charge in [0.05, 0.1) is 5.75 Å². The monoisotopic (exact) mass is 271 g/mol. The standard InChI is InChI=1S/C8H18BrNO2S/c1-7(2)4-5-13(11,12)10-8(3)6-9/h7-8,10H,4-6H2,1-3H3. The summed E-state index contributed by atoms with van der Waals surface area (Å²) < 4.78 is 25.3. The predicted octanol–water partition coefficient (Wildman–Crippen LogP) is 1.74. The first-order valence-corrected chi connectivity index (χ1v) is 7.20. The van der Waals surface area contributed by atoms with Gasteiger partial charge in [-0.25, -0.2) is 13.1 Å². The zero-order chi connectivity index (χ0) is 10.5. The number of halogens is 1. The van der Waals surface area contributed by atoms with Gasteiger partial charge in [0.1, 0.15) is 0 Å². The second kappa shape index (κ2) is 5.98. The number of sulfonamides is 1. The van der Waals surface area contributed by atoms with Gasteiger partial charge in [0.2, 0.25) is 10.0 Å². The highest BCUT2D eigenvalue weighted by molar-refractivity contribution is 9.09. The van der Waals surface area contributed by atoms with E-state index in [1.807, 2.05) is 20.8 Å². The van der Waals surface area contributed by atoms with Crippen molar-refractivity contribution in [3.63, 3.8) is 0 Å². The molecule has 0 aliphatic rings. The topological polar surface area (TPSA) is 46.2 Å². The molecule has 80 valence electrons. The van der Waals surface area contributed by atoms with Crippen LogP contribution < -0.4 is 4.72 Å². The highest BCUT2D eigenvalue weighted by Gasteiger charge is 2.13. The molecule has 0 aliphatic carbocycles. The number of alkyl halides is 1. The maximum atomic E-state index is 11.4. The molecule has 0 aromatic rings. The first kappa shape index (κ1) is 13.4. The lowest BCUT2D eigenvalue weighted by molar-refractivity contribution is 0.554. The largest absolute Gasteiger partial charge is 0.212 e. The molecule has 1 N–H and O–H groups in total. The summed E-state index contributed by atoms with van der Waals surface area (Å²) in [7, 11) is -3.07. The molecule has 3 nitrogen and oxygen atoms in total. The van der Waals surface area contributed by atoms with Crippen molar-refractivity contribution in [3.8, 4) is 0 Å². The van der Waals surface area contributed by atoms with Crippen LogP contribution in [0.15, 0.2) is 0 Å². The molecule has 0 heterocycles. The smallest absolute Gasteiger partial charge is 0.211 e. The first-order valence-electron chi connectivity index (χ1n) is 4.43. The molecule has 1 atom stereocenters. The average Bonchev–Trinajstić information content (AvgIpc) is 2.00. The van der Waals surface area contributed by atoms with Gasteiger partial charge in [-0.2, -0.15) is 0 Å². The van der Waals surface area contributed by atoms with Crippen LogP contribution in [0, 0.1) is 5.92 Å². The molecule has 0 aliphatic heterocycles. The molecule has 0 radical (unpaired) electrons. The molecule has 0 fully saturated rings. The van der Waals surface area contributed by atoms with E-state index in [1.165, 1.54) is 0 Å². The lowest BCUT2D eigenvalue weighted by Gasteiger charge is -2.12. The van der Waals surface area contributed by atoms with E-state index >= 15 is 0 Å². The van der Waals surface area contributed by atoms with Crippen molar-refractivity contribution in [3.05, 3.63) is 0 Å². The van der Waals surface area contributed by atoms with Crippen LogP contribution in [-0.2, 0) is 10.0 Å². The summed E-state index contributed by atoms with van der Waals surface area (Å²) in [4.78, 5) is 0. The molecule has 0 aromatic heterocycles. The third-order valence-electron chi connectivity index (χ3n) is 1.58. The first-order chi connectivity index (χ1) is 5.87. The van der Waals surface area contributed by atoms with Gasteiger partial charge in [0, 0.05) is 11.4 Å². The number of nitrogens with one attached hydrogen (secondary N) is 1. The van der Waals surface area contributed by atoms with Crippen LogP contribution in [0.2, 0.25) is 0 Å². The van der Waals surface area contributed by atoms with E-state index in [9.17, 15) is 8.42 Å². The Hall–Kier alpha value is 0.390. The lowest BCUT2D eigenvalue weighted by atomic mass is 10.2. The Morgan fingerprint density at radius 3 is 2.23 bits per heavy atom. The Bertz CT molecular complexity index is 226. The van der Waals surface area contributed by atoms with Crippen molar-refractivity contribution in [1.29, 1.82) is 0 Å². The third kappa shape index (κ3) is 7.46. The van der Waals surface area contributed by atoms with Crippen LogP contribution in [-0.4, -0.2) is 25.5 Å². The minimum atomic E-state index is -3.07. The molecule has 5 heteroatoms. The van der Waals surface area contributed by atoms with Gasteiger partial charge in [-0.3, -0.25) is 0 Å². The van der Waals surface area contributed by atoms with Crippen LogP contribution in [0.4, 0.5) is 0 Å². The molecule has 0 saturated heterocycles. The maximum Gasteiger partial charge on any atom is 0.211 e. The van der Waals surface area contributed by atoms with Crippen molar-refractivity contribution in [1.82, 2.24) is 4.72 Å². The molecule has 0 bridgehead atoms. The van der Waals surface area contributed by atoms with Crippen molar-refractivity contribution >= 4 is 26.0 Å². The fraction of sp³-hybridized carbons (Fsp3) is 1.00. The summed E-state index contributed by atoms with van der Waals surface area (Å²) >= 11 is 3.22. The third-order valence-corrected chi connectivity index (χ3v) is 4.08. The van der Waals surface area contributed by atoms with E-state index in [0.717, 1.165) is 0 Å². The van der Waals surface area contributed by atoms with E-state index in [2.05, 4.69) is 20.7 Å². The Balaban J connectivity index is 3.95. The number of hydrogen-bond acceptors (Lipinski definition) is 2. The molecule has 1 unspecified atom stereocenters. The van der Waals surface area contributed by atoms with Crippen LogP contribution in [0.3, 0.4) is 0 Å². The van der Waals surface area contributed by atoms with Crippen LogP contribution >= 0.6 is 15.9 Å². The molecule has 0 saturated carbocycles. The average molecular weight is 272 g/mol. The molecular weight excluding hydrogens is 254 g/mol. The van der Waals surface area contributed by atoms with E-state index in [4.69, 9.17) is 0 Å². The summed E-state index contributed by atoms with van der Waals surface area (Å²) in [6.45, 7) is 5.87. The Kier molecular flexibility index (Phi) is 6.16. The maximum absolute atomic E-state index is 11.4. The van der Waals surface area contributed by atoms with E-state index in [1.54, 1.807) is 0 Å². The fourth-order valence-corrected chi connectivity index (χ4v) is 2.76. The van der Waals surface area contributed by atoms with Gasteiger partial charge >= 0.3 is 0 Å². The summed E-state index contributed by atoms with van der Waals surface area (Å²) in [6.07, 6.45) is 0.713. The minimum Gasteiger partial charge on any atom is -0.212 e. The van der Waals surface area contributed by atoms with E-state index in [0.29, 0.717) is 17.7 Å². The zero-order valence-corrected chi connectivity index (χ0v) is 10.8. The van der Waals surface area contributed by atoms with E-state index < -0.39 is 10.0 Å². The molecule has 0 aromatic carbocycles. The van der Waals surface area contributed by atoms with Crippen LogP contribution in [0.5, 0.6) is 0 Å². The van der Waals surface area contributed by atoms with Crippen molar-refractivity contribution in [2.75, 3.05) is 11.1 Å². The summed E-state index contributed by atoms with van der Waals surface area (Å²) in [5, 5.41) is 0.647. The number of rotatable bonds is 6. The summed E-state index contributed by atoms with van der Waals surface area (Å²) in [6, 6.07) is -0.0304. The molecule has 0 spiro atoms. The molecular formula is C8H18BrNO2S. The quantitative estimate of drug-likeness (QED) is 0.748. The van der Waals surface area contributed by atoms with Crippen molar-refractivity contribution in [2.24, 2.45) is 5.92 Å². The van der Waals surface area contributed by atoms with Gasteiger partial charge in [-0.15, -0.1) is 0 Å².